The van der Waals surface area contributed by atoms with Gasteiger partial charge in [-0.3, -0.25) is 9.59 Å². The van der Waals surface area contributed by atoms with Gasteiger partial charge in [0, 0.05) is 24.4 Å². The minimum absolute atomic E-state index is 0.0418. The Morgan fingerprint density at radius 1 is 1.06 bits per heavy atom. The topological polar surface area (TPSA) is 40.6 Å². The van der Waals surface area contributed by atoms with E-state index in [0.29, 0.717) is 19.5 Å². The van der Waals surface area contributed by atoms with Gasteiger partial charge in [0.2, 0.25) is 11.8 Å². The van der Waals surface area contributed by atoms with Crippen molar-refractivity contribution in [3.63, 3.8) is 0 Å². The van der Waals surface area contributed by atoms with Gasteiger partial charge in [-0.15, -0.1) is 11.3 Å². The Bertz CT molecular complexity index is 979. The van der Waals surface area contributed by atoms with Crippen LogP contribution in [-0.2, 0) is 21.4 Å². The number of benzene rings is 1. The molecule has 4 nitrogen and oxygen atoms in total. The molecule has 2 heterocycles. The molecule has 0 saturated carbocycles. The first-order chi connectivity index (χ1) is 15.9. The third-order valence-corrected chi connectivity index (χ3v) is 7.52. The molecule has 0 saturated heterocycles. The molecule has 0 N–H and O–H groups in total. The molecule has 2 aromatic rings. The van der Waals surface area contributed by atoms with E-state index in [1.807, 2.05) is 4.90 Å². The maximum Gasteiger partial charge on any atom is 0.242 e. The number of carbonyl (C=O) groups is 2. The number of thiophene rings is 1. The van der Waals surface area contributed by atoms with Gasteiger partial charge in [0.1, 0.15) is 0 Å². The summed E-state index contributed by atoms with van der Waals surface area (Å²) in [6.07, 6.45) is 3.24. The lowest BCUT2D eigenvalue weighted by atomic mass is 9.85. The van der Waals surface area contributed by atoms with E-state index in [4.69, 9.17) is 0 Å². The lowest BCUT2D eigenvalue weighted by Crippen LogP contribution is -2.47. The molecule has 1 aromatic carbocycles. The maximum atomic E-state index is 13.7. The van der Waals surface area contributed by atoms with E-state index in [2.05, 4.69) is 84.2 Å². The molecular formula is C29H42N2O2S. The third-order valence-electron chi connectivity index (χ3n) is 6.52. The van der Waals surface area contributed by atoms with Crippen LogP contribution < -0.4 is 0 Å². The highest BCUT2D eigenvalue weighted by atomic mass is 32.1. The SMILES string of the molecule is CCCCN(CC(=O)N1CCc2sccc2C1c1ccc(C(C)(C)C)cc1)C(=O)CC(C)(C)C. The summed E-state index contributed by atoms with van der Waals surface area (Å²) in [5, 5.41) is 2.13. The van der Waals surface area contributed by atoms with Gasteiger partial charge in [-0.25, -0.2) is 0 Å². The number of unbranched alkanes of at least 4 members (excludes halogenated alkanes) is 1. The van der Waals surface area contributed by atoms with Crippen LogP contribution >= 0.6 is 11.3 Å². The molecule has 5 heteroatoms. The van der Waals surface area contributed by atoms with Crippen molar-refractivity contribution < 1.29 is 9.59 Å². The van der Waals surface area contributed by atoms with Crippen molar-refractivity contribution in [2.24, 2.45) is 5.41 Å². The minimum atomic E-state index is -0.0986. The van der Waals surface area contributed by atoms with Gasteiger partial charge in [-0.05, 0) is 51.8 Å². The van der Waals surface area contributed by atoms with Crippen molar-refractivity contribution in [1.29, 1.82) is 0 Å². The number of hydrogen-bond acceptors (Lipinski definition) is 3. The first kappa shape index (κ1) is 26.5. The molecule has 1 aliphatic rings. The third kappa shape index (κ3) is 6.50. The van der Waals surface area contributed by atoms with E-state index in [9.17, 15) is 9.59 Å². The van der Waals surface area contributed by atoms with Crippen molar-refractivity contribution >= 4 is 23.2 Å². The highest BCUT2D eigenvalue weighted by Crippen LogP contribution is 2.38. The number of nitrogens with zero attached hydrogens (tertiary/aromatic N) is 2. The van der Waals surface area contributed by atoms with Crippen molar-refractivity contribution in [3.05, 3.63) is 57.3 Å². The van der Waals surface area contributed by atoms with Crippen LogP contribution in [0.5, 0.6) is 0 Å². The Hall–Kier alpha value is -2.14. The molecule has 0 spiro atoms. The number of hydrogen-bond donors (Lipinski definition) is 0. The second-order valence-electron chi connectivity index (χ2n) is 11.8. The molecule has 1 aromatic heterocycles. The molecule has 0 aliphatic carbocycles. The Kier molecular flexibility index (Phi) is 8.28. The smallest absolute Gasteiger partial charge is 0.242 e. The Balaban J connectivity index is 1.88. The zero-order valence-electron chi connectivity index (χ0n) is 22.1. The Morgan fingerprint density at radius 3 is 2.32 bits per heavy atom. The van der Waals surface area contributed by atoms with Crippen molar-refractivity contribution in [1.82, 2.24) is 9.80 Å². The van der Waals surface area contributed by atoms with Gasteiger partial charge in [0.15, 0.2) is 0 Å². The summed E-state index contributed by atoms with van der Waals surface area (Å²) in [5.74, 6) is 0.119. The van der Waals surface area contributed by atoms with E-state index in [-0.39, 0.29) is 35.2 Å². The molecule has 1 aliphatic heterocycles. The van der Waals surface area contributed by atoms with E-state index in [1.54, 1.807) is 16.2 Å². The van der Waals surface area contributed by atoms with Crippen molar-refractivity contribution in [2.75, 3.05) is 19.6 Å². The fourth-order valence-electron chi connectivity index (χ4n) is 4.57. The van der Waals surface area contributed by atoms with Gasteiger partial charge < -0.3 is 9.80 Å². The van der Waals surface area contributed by atoms with Crippen LogP contribution in [0.3, 0.4) is 0 Å². The van der Waals surface area contributed by atoms with Gasteiger partial charge in [0.25, 0.3) is 0 Å². The molecule has 2 amide bonds. The van der Waals surface area contributed by atoms with Gasteiger partial charge >= 0.3 is 0 Å². The lowest BCUT2D eigenvalue weighted by molar-refractivity contribution is -0.142. The van der Waals surface area contributed by atoms with Gasteiger partial charge in [0.05, 0.1) is 12.6 Å². The largest absolute Gasteiger partial charge is 0.333 e. The minimum Gasteiger partial charge on any atom is -0.333 e. The highest BCUT2D eigenvalue weighted by Gasteiger charge is 2.34. The number of amides is 2. The maximum absolute atomic E-state index is 13.7. The molecule has 1 unspecified atom stereocenters. The Morgan fingerprint density at radius 2 is 1.74 bits per heavy atom. The van der Waals surface area contributed by atoms with Crippen LogP contribution in [0.4, 0.5) is 0 Å². The van der Waals surface area contributed by atoms with Crippen LogP contribution in [0.1, 0.15) is 95.3 Å². The predicted molar refractivity (Wildman–Crippen MR) is 142 cm³/mol. The van der Waals surface area contributed by atoms with Crippen LogP contribution in [0.15, 0.2) is 35.7 Å². The highest BCUT2D eigenvalue weighted by molar-refractivity contribution is 7.10. The summed E-state index contributed by atoms with van der Waals surface area (Å²) >= 11 is 1.78. The number of fused-ring (bicyclic) bond motifs is 1. The zero-order valence-corrected chi connectivity index (χ0v) is 22.9. The van der Waals surface area contributed by atoms with Crippen molar-refractivity contribution in [2.45, 2.75) is 85.6 Å². The second-order valence-corrected chi connectivity index (χ2v) is 12.8. The first-order valence-electron chi connectivity index (χ1n) is 12.6. The summed E-state index contributed by atoms with van der Waals surface area (Å²) in [6.45, 7) is 16.5. The molecule has 0 radical (unpaired) electrons. The average Bonchev–Trinajstić information content (AvgIpc) is 3.23. The number of carbonyl (C=O) groups excluding carboxylic acids is 2. The van der Waals surface area contributed by atoms with Crippen LogP contribution in [0.25, 0.3) is 0 Å². The summed E-state index contributed by atoms with van der Waals surface area (Å²) in [7, 11) is 0. The van der Waals surface area contributed by atoms with E-state index < -0.39 is 0 Å². The molecule has 0 bridgehead atoms. The second kappa shape index (κ2) is 10.6. The van der Waals surface area contributed by atoms with Gasteiger partial charge in [-0.2, -0.15) is 0 Å². The van der Waals surface area contributed by atoms with Gasteiger partial charge in [-0.1, -0.05) is 79.2 Å². The van der Waals surface area contributed by atoms with Crippen LogP contribution in [0.2, 0.25) is 0 Å². The summed E-state index contributed by atoms with van der Waals surface area (Å²) in [6, 6.07) is 10.8. The predicted octanol–water partition coefficient (Wildman–Crippen LogP) is 6.58. The summed E-state index contributed by atoms with van der Waals surface area (Å²) in [4.78, 5) is 32.0. The fraction of sp³-hybridized carbons (Fsp3) is 0.586. The molecule has 3 rings (SSSR count). The monoisotopic (exact) mass is 482 g/mol. The normalized spacial score (nSPS) is 16.3. The molecule has 186 valence electrons. The Labute approximate surface area is 210 Å². The quantitative estimate of drug-likeness (QED) is 0.447. The van der Waals surface area contributed by atoms with E-state index in [1.165, 1.54) is 16.0 Å². The summed E-state index contributed by atoms with van der Waals surface area (Å²) in [5.41, 5.74) is 3.64. The molecule has 0 fully saturated rings. The lowest BCUT2D eigenvalue weighted by Gasteiger charge is -2.38. The van der Waals surface area contributed by atoms with E-state index >= 15 is 0 Å². The number of rotatable bonds is 7. The zero-order chi connectivity index (χ0) is 25.1. The van der Waals surface area contributed by atoms with Crippen molar-refractivity contribution in [3.8, 4) is 0 Å². The standard InChI is InChI=1S/C29H42N2O2S/c1-8-9-16-30(25(32)19-28(2,3)4)20-26(33)31-17-14-24-23(15-18-34-24)27(31)21-10-12-22(13-11-21)29(5,6)7/h10-13,15,18,27H,8-9,14,16-17,19-20H2,1-7H3. The summed E-state index contributed by atoms with van der Waals surface area (Å²) < 4.78 is 0. The first-order valence-corrected chi connectivity index (χ1v) is 13.5. The van der Waals surface area contributed by atoms with E-state index in [0.717, 1.165) is 24.8 Å². The van der Waals surface area contributed by atoms with Crippen LogP contribution in [0, 0.1) is 5.41 Å². The molecular weight excluding hydrogens is 440 g/mol. The molecule has 1 atom stereocenters. The molecule has 34 heavy (non-hydrogen) atoms. The average molecular weight is 483 g/mol. The van der Waals surface area contributed by atoms with Crippen LogP contribution in [-0.4, -0.2) is 41.2 Å². The fourth-order valence-corrected chi connectivity index (χ4v) is 5.47.